The Kier molecular flexibility index (Phi) is 7.79. The summed E-state index contributed by atoms with van der Waals surface area (Å²) in [5.41, 5.74) is 0. The Morgan fingerprint density at radius 1 is 1.26 bits per heavy atom. The molecule has 110 valence electrons. The molecule has 1 rings (SSSR count). The van der Waals surface area contributed by atoms with Crippen LogP contribution in [0, 0.1) is 0 Å². The van der Waals surface area contributed by atoms with E-state index in [2.05, 4.69) is 31.0 Å². The van der Waals surface area contributed by atoms with Crippen LogP contribution in [0.1, 0.15) is 45.1 Å². The average Bonchev–Trinajstić information content (AvgIpc) is 2.89. The Morgan fingerprint density at radius 2 is 1.95 bits per heavy atom. The van der Waals surface area contributed by atoms with Crippen molar-refractivity contribution in [2.45, 2.75) is 52.8 Å². The molecule has 0 saturated carbocycles. The predicted molar refractivity (Wildman–Crippen MR) is 78.0 cm³/mol. The van der Waals surface area contributed by atoms with Gasteiger partial charge in [0.2, 0.25) is 0 Å². The molecule has 0 aromatic carbocycles. The van der Waals surface area contributed by atoms with E-state index in [-0.39, 0.29) is 6.61 Å². The molecule has 0 spiro atoms. The smallest absolute Gasteiger partial charge is 0.129 e. The van der Waals surface area contributed by atoms with E-state index in [4.69, 9.17) is 9.52 Å². The fourth-order valence-corrected chi connectivity index (χ4v) is 2.14. The molecule has 0 aliphatic carbocycles. The summed E-state index contributed by atoms with van der Waals surface area (Å²) in [7, 11) is 0. The monoisotopic (exact) mass is 268 g/mol. The highest BCUT2D eigenvalue weighted by molar-refractivity contribution is 5.06. The summed E-state index contributed by atoms with van der Waals surface area (Å²) in [5.74, 6) is 1.52. The molecule has 1 aromatic heterocycles. The number of aliphatic hydroxyl groups excluding tert-OH is 1. The van der Waals surface area contributed by atoms with Crippen molar-refractivity contribution in [3.05, 3.63) is 23.7 Å². The van der Waals surface area contributed by atoms with Crippen LogP contribution in [0.2, 0.25) is 0 Å². The first-order chi connectivity index (χ1) is 9.19. The lowest BCUT2D eigenvalue weighted by molar-refractivity contribution is 0.242. The number of rotatable bonds is 10. The Morgan fingerprint density at radius 3 is 2.53 bits per heavy atom. The van der Waals surface area contributed by atoms with Crippen LogP contribution >= 0.6 is 0 Å². The van der Waals surface area contributed by atoms with E-state index >= 15 is 0 Å². The second-order valence-corrected chi connectivity index (χ2v) is 4.98. The van der Waals surface area contributed by atoms with Gasteiger partial charge in [0.1, 0.15) is 18.1 Å². The normalized spacial score (nSPS) is 13.1. The highest BCUT2D eigenvalue weighted by atomic mass is 16.4. The minimum Gasteiger partial charge on any atom is -0.462 e. The zero-order valence-corrected chi connectivity index (χ0v) is 12.5. The third-order valence-corrected chi connectivity index (χ3v) is 3.50. The molecule has 0 fully saturated rings. The standard InChI is InChI=1S/C15H28N2O2/c1-4-17(5-2)10-6-7-13(3)16-11-14-8-9-15(12-18)19-14/h8-9,13,16,18H,4-7,10-12H2,1-3H3. The van der Waals surface area contributed by atoms with Crippen molar-refractivity contribution >= 4 is 0 Å². The second-order valence-electron chi connectivity index (χ2n) is 4.98. The van der Waals surface area contributed by atoms with Gasteiger partial charge >= 0.3 is 0 Å². The lowest BCUT2D eigenvalue weighted by Crippen LogP contribution is -2.28. The highest BCUT2D eigenvalue weighted by Crippen LogP contribution is 2.08. The van der Waals surface area contributed by atoms with E-state index in [1.807, 2.05) is 12.1 Å². The van der Waals surface area contributed by atoms with Crippen molar-refractivity contribution in [2.24, 2.45) is 0 Å². The van der Waals surface area contributed by atoms with Crippen LogP contribution in [0.15, 0.2) is 16.5 Å². The van der Waals surface area contributed by atoms with Crippen LogP contribution in [-0.2, 0) is 13.2 Å². The molecule has 4 nitrogen and oxygen atoms in total. The third kappa shape index (κ3) is 6.23. The number of nitrogens with zero attached hydrogens (tertiary/aromatic N) is 1. The van der Waals surface area contributed by atoms with Crippen molar-refractivity contribution in [1.29, 1.82) is 0 Å². The van der Waals surface area contributed by atoms with Gasteiger partial charge in [0.25, 0.3) is 0 Å². The largest absolute Gasteiger partial charge is 0.462 e. The van der Waals surface area contributed by atoms with Crippen LogP contribution in [0.25, 0.3) is 0 Å². The molecule has 0 aliphatic rings. The molecule has 2 N–H and O–H groups in total. The zero-order valence-electron chi connectivity index (χ0n) is 12.5. The molecule has 19 heavy (non-hydrogen) atoms. The van der Waals surface area contributed by atoms with Crippen LogP contribution in [0.4, 0.5) is 0 Å². The van der Waals surface area contributed by atoms with Gasteiger partial charge in [-0.3, -0.25) is 0 Å². The lowest BCUT2D eigenvalue weighted by Gasteiger charge is -2.19. The average molecular weight is 268 g/mol. The summed E-state index contributed by atoms with van der Waals surface area (Å²) in [6.45, 7) is 10.8. The molecule has 0 saturated heterocycles. The SMILES string of the molecule is CCN(CC)CCCC(C)NCc1ccc(CO)o1. The number of hydrogen-bond acceptors (Lipinski definition) is 4. The molecule has 1 unspecified atom stereocenters. The summed E-state index contributed by atoms with van der Waals surface area (Å²) >= 11 is 0. The maximum Gasteiger partial charge on any atom is 0.129 e. The zero-order chi connectivity index (χ0) is 14.1. The van der Waals surface area contributed by atoms with Gasteiger partial charge in [0.05, 0.1) is 6.54 Å². The fraction of sp³-hybridized carbons (Fsp3) is 0.733. The molecule has 0 aliphatic heterocycles. The molecule has 0 amide bonds. The lowest BCUT2D eigenvalue weighted by atomic mass is 10.1. The maximum atomic E-state index is 8.92. The third-order valence-electron chi connectivity index (χ3n) is 3.50. The molecule has 0 radical (unpaired) electrons. The number of furan rings is 1. The Balaban J connectivity index is 2.15. The summed E-state index contributed by atoms with van der Waals surface area (Å²) in [4.78, 5) is 2.45. The minimum atomic E-state index is -0.0283. The van der Waals surface area contributed by atoms with E-state index in [1.165, 1.54) is 19.4 Å². The van der Waals surface area contributed by atoms with Crippen molar-refractivity contribution in [2.75, 3.05) is 19.6 Å². The predicted octanol–water partition coefficient (Wildman–Crippen LogP) is 2.37. The highest BCUT2D eigenvalue weighted by Gasteiger charge is 2.06. The first kappa shape index (κ1) is 16.2. The summed E-state index contributed by atoms with van der Waals surface area (Å²) in [5, 5.41) is 12.4. The van der Waals surface area contributed by atoms with Gasteiger partial charge in [-0.1, -0.05) is 13.8 Å². The van der Waals surface area contributed by atoms with Crippen LogP contribution < -0.4 is 5.32 Å². The minimum absolute atomic E-state index is 0.0283. The van der Waals surface area contributed by atoms with Gasteiger partial charge in [-0.25, -0.2) is 0 Å². The van der Waals surface area contributed by atoms with Crippen LogP contribution in [-0.4, -0.2) is 35.7 Å². The van der Waals surface area contributed by atoms with Crippen molar-refractivity contribution in [1.82, 2.24) is 10.2 Å². The number of hydrogen-bond donors (Lipinski definition) is 2. The van der Waals surface area contributed by atoms with Crippen molar-refractivity contribution in [3.8, 4) is 0 Å². The molecular weight excluding hydrogens is 240 g/mol. The van der Waals surface area contributed by atoms with E-state index in [0.717, 1.165) is 25.4 Å². The molecule has 1 aromatic rings. The van der Waals surface area contributed by atoms with Crippen LogP contribution in [0.3, 0.4) is 0 Å². The van der Waals surface area contributed by atoms with E-state index < -0.39 is 0 Å². The number of nitrogens with one attached hydrogen (secondary N) is 1. The van der Waals surface area contributed by atoms with Gasteiger partial charge in [-0.05, 0) is 51.5 Å². The summed E-state index contributed by atoms with van der Waals surface area (Å²) < 4.78 is 5.44. The molecular formula is C15H28N2O2. The molecule has 1 atom stereocenters. The van der Waals surface area contributed by atoms with Gasteiger partial charge in [0, 0.05) is 6.04 Å². The van der Waals surface area contributed by atoms with Crippen LogP contribution in [0.5, 0.6) is 0 Å². The van der Waals surface area contributed by atoms with Gasteiger partial charge in [-0.2, -0.15) is 0 Å². The first-order valence-electron chi connectivity index (χ1n) is 7.33. The fourth-order valence-electron chi connectivity index (χ4n) is 2.14. The van der Waals surface area contributed by atoms with Gasteiger partial charge in [0.15, 0.2) is 0 Å². The molecule has 0 bridgehead atoms. The molecule has 1 heterocycles. The van der Waals surface area contributed by atoms with Gasteiger partial charge in [-0.15, -0.1) is 0 Å². The van der Waals surface area contributed by atoms with E-state index in [0.29, 0.717) is 11.8 Å². The summed E-state index contributed by atoms with van der Waals surface area (Å²) in [6, 6.07) is 4.22. The molecule has 4 heteroatoms. The Hall–Kier alpha value is -0.840. The number of aliphatic hydroxyl groups is 1. The van der Waals surface area contributed by atoms with E-state index in [1.54, 1.807) is 0 Å². The van der Waals surface area contributed by atoms with Gasteiger partial charge < -0.3 is 19.7 Å². The second kappa shape index (κ2) is 9.13. The summed E-state index contributed by atoms with van der Waals surface area (Å²) in [6.07, 6.45) is 2.39. The first-order valence-corrected chi connectivity index (χ1v) is 7.33. The van der Waals surface area contributed by atoms with Crippen molar-refractivity contribution in [3.63, 3.8) is 0 Å². The Labute approximate surface area is 116 Å². The van der Waals surface area contributed by atoms with Crippen molar-refractivity contribution < 1.29 is 9.52 Å². The topological polar surface area (TPSA) is 48.6 Å². The quantitative estimate of drug-likeness (QED) is 0.684. The van der Waals surface area contributed by atoms with E-state index in [9.17, 15) is 0 Å². The maximum absolute atomic E-state index is 8.92. The Bertz CT molecular complexity index is 335.